The van der Waals surface area contributed by atoms with Gasteiger partial charge in [0.1, 0.15) is 5.00 Å². The van der Waals surface area contributed by atoms with Crippen molar-refractivity contribution in [2.45, 2.75) is 6.61 Å². The van der Waals surface area contributed by atoms with Gasteiger partial charge in [0, 0.05) is 10.1 Å². The van der Waals surface area contributed by atoms with Crippen molar-refractivity contribution in [3.05, 3.63) is 23.8 Å². The molecule has 14 heavy (non-hydrogen) atoms. The fourth-order valence-corrected chi connectivity index (χ4v) is 2.37. The van der Waals surface area contributed by atoms with Gasteiger partial charge in [-0.2, -0.15) is 0 Å². The minimum Gasteiger partial charge on any atom is -0.493 e. The third-order valence-corrected chi connectivity index (χ3v) is 3.10. The monoisotopic (exact) mass is 209 g/mol. The first-order valence-electron chi connectivity index (χ1n) is 4.22. The predicted molar refractivity (Wildman–Crippen MR) is 58.7 cm³/mol. The second-order valence-corrected chi connectivity index (χ2v) is 4.07. The maximum atomic E-state index is 9.00. The van der Waals surface area contributed by atoms with Gasteiger partial charge < -0.3 is 15.6 Å². The highest BCUT2D eigenvalue weighted by Gasteiger charge is 2.09. The molecule has 0 bridgehead atoms. The normalized spacial score (nSPS) is 10.7. The molecule has 0 radical (unpaired) electrons. The van der Waals surface area contributed by atoms with Crippen molar-refractivity contribution in [2.24, 2.45) is 0 Å². The zero-order chi connectivity index (χ0) is 10.1. The number of aliphatic hydroxyl groups is 1. The van der Waals surface area contributed by atoms with Gasteiger partial charge in [-0.15, -0.1) is 11.3 Å². The Morgan fingerprint density at radius 3 is 2.93 bits per heavy atom. The Labute approximate surface area is 85.7 Å². The molecule has 3 N–H and O–H groups in total. The number of aliphatic hydroxyl groups excluding tert-OH is 1. The van der Waals surface area contributed by atoms with Crippen molar-refractivity contribution in [2.75, 3.05) is 12.8 Å². The SMILES string of the molecule is COc1c(N)sc2ccc(CO)cc12. The van der Waals surface area contributed by atoms with E-state index in [0.717, 1.165) is 15.6 Å². The van der Waals surface area contributed by atoms with Crippen LogP contribution in [0.5, 0.6) is 5.75 Å². The van der Waals surface area contributed by atoms with Crippen LogP contribution in [0.2, 0.25) is 0 Å². The zero-order valence-corrected chi connectivity index (χ0v) is 8.60. The van der Waals surface area contributed by atoms with Gasteiger partial charge in [0.05, 0.1) is 13.7 Å². The summed E-state index contributed by atoms with van der Waals surface area (Å²) in [6, 6.07) is 5.74. The highest BCUT2D eigenvalue weighted by molar-refractivity contribution is 7.23. The molecule has 0 saturated heterocycles. The smallest absolute Gasteiger partial charge is 0.160 e. The molecule has 3 nitrogen and oxygen atoms in total. The van der Waals surface area contributed by atoms with Crippen molar-refractivity contribution < 1.29 is 9.84 Å². The maximum Gasteiger partial charge on any atom is 0.160 e. The van der Waals surface area contributed by atoms with Crippen molar-refractivity contribution >= 4 is 26.4 Å². The Morgan fingerprint density at radius 2 is 2.29 bits per heavy atom. The number of anilines is 1. The van der Waals surface area contributed by atoms with Crippen molar-refractivity contribution in [3.63, 3.8) is 0 Å². The van der Waals surface area contributed by atoms with Crippen LogP contribution in [0.1, 0.15) is 5.56 Å². The van der Waals surface area contributed by atoms with Crippen LogP contribution in [0, 0.1) is 0 Å². The van der Waals surface area contributed by atoms with Crippen LogP contribution >= 0.6 is 11.3 Å². The standard InChI is InChI=1S/C10H11NO2S/c1-13-9-7-4-6(5-12)2-3-8(7)14-10(9)11/h2-4,12H,5,11H2,1H3. The minimum atomic E-state index is 0.0366. The van der Waals surface area contributed by atoms with Gasteiger partial charge in [0.25, 0.3) is 0 Å². The van der Waals surface area contributed by atoms with E-state index in [0.29, 0.717) is 10.8 Å². The minimum absolute atomic E-state index is 0.0366. The summed E-state index contributed by atoms with van der Waals surface area (Å²) in [4.78, 5) is 0. The number of nitrogen functional groups attached to an aromatic ring is 1. The molecule has 0 aliphatic carbocycles. The average Bonchev–Trinajstić information content (AvgIpc) is 2.52. The van der Waals surface area contributed by atoms with Crippen molar-refractivity contribution in [1.29, 1.82) is 0 Å². The topological polar surface area (TPSA) is 55.5 Å². The van der Waals surface area contributed by atoms with Crippen LogP contribution in [-0.2, 0) is 6.61 Å². The number of hydrogen-bond donors (Lipinski definition) is 2. The number of thiophene rings is 1. The second kappa shape index (κ2) is 3.48. The van der Waals surface area contributed by atoms with Gasteiger partial charge in [-0.25, -0.2) is 0 Å². The lowest BCUT2D eigenvalue weighted by Crippen LogP contribution is -1.87. The molecular formula is C10H11NO2S. The van der Waals surface area contributed by atoms with Crippen molar-refractivity contribution in [3.8, 4) is 5.75 Å². The molecular weight excluding hydrogens is 198 g/mol. The summed E-state index contributed by atoms with van der Waals surface area (Å²) in [5.74, 6) is 0.709. The van der Waals surface area contributed by atoms with Crippen LogP contribution in [0.25, 0.3) is 10.1 Å². The number of nitrogens with two attached hydrogens (primary N) is 1. The molecule has 1 aromatic carbocycles. The first-order valence-corrected chi connectivity index (χ1v) is 5.03. The predicted octanol–water partition coefficient (Wildman–Crippen LogP) is 1.98. The lowest BCUT2D eigenvalue weighted by molar-refractivity contribution is 0.282. The van der Waals surface area contributed by atoms with Crippen LogP contribution in [-0.4, -0.2) is 12.2 Å². The molecule has 0 atom stereocenters. The summed E-state index contributed by atoms with van der Waals surface area (Å²) in [6.45, 7) is 0.0366. The molecule has 1 aromatic heterocycles. The van der Waals surface area contributed by atoms with E-state index in [4.69, 9.17) is 15.6 Å². The molecule has 74 valence electrons. The molecule has 2 rings (SSSR count). The Morgan fingerprint density at radius 1 is 1.50 bits per heavy atom. The van der Waals surface area contributed by atoms with Gasteiger partial charge in [-0.05, 0) is 17.7 Å². The summed E-state index contributed by atoms with van der Waals surface area (Å²) in [5, 5.41) is 10.7. The molecule has 2 aromatic rings. The second-order valence-electron chi connectivity index (χ2n) is 2.99. The first kappa shape index (κ1) is 9.30. The van der Waals surface area contributed by atoms with Crippen LogP contribution in [0.15, 0.2) is 18.2 Å². The van der Waals surface area contributed by atoms with E-state index in [1.54, 1.807) is 7.11 Å². The molecule has 0 saturated carbocycles. The lowest BCUT2D eigenvalue weighted by atomic mass is 10.2. The summed E-state index contributed by atoms with van der Waals surface area (Å²) in [7, 11) is 1.60. The Kier molecular flexibility index (Phi) is 2.31. The molecule has 0 aliphatic heterocycles. The number of rotatable bonds is 2. The van der Waals surface area contributed by atoms with E-state index < -0.39 is 0 Å². The molecule has 0 unspecified atom stereocenters. The van der Waals surface area contributed by atoms with Crippen LogP contribution < -0.4 is 10.5 Å². The number of hydrogen-bond acceptors (Lipinski definition) is 4. The summed E-state index contributed by atoms with van der Waals surface area (Å²) in [5.41, 5.74) is 6.66. The third-order valence-electron chi connectivity index (χ3n) is 2.12. The maximum absolute atomic E-state index is 9.00. The Hall–Kier alpha value is -1.26. The first-order chi connectivity index (χ1) is 6.76. The summed E-state index contributed by atoms with van der Waals surface area (Å²) >= 11 is 1.49. The van der Waals surface area contributed by atoms with E-state index in [1.807, 2.05) is 18.2 Å². The Bertz CT molecular complexity index is 464. The molecule has 0 aliphatic rings. The van der Waals surface area contributed by atoms with Crippen LogP contribution in [0.4, 0.5) is 5.00 Å². The quantitative estimate of drug-likeness (QED) is 0.795. The van der Waals surface area contributed by atoms with Gasteiger partial charge in [-0.3, -0.25) is 0 Å². The fourth-order valence-electron chi connectivity index (χ4n) is 1.45. The average molecular weight is 209 g/mol. The van der Waals surface area contributed by atoms with Crippen molar-refractivity contribution in [1.82, 2.24) is 0 Å². The summed E-state index contributed by atoms with van der Waals surface area (Å²) in [6.07, 6.45) is 0. The lowest BCUT2D eigenvalue weighted by Gasteiger charge is -1.99. The van der Waals surface area contributed by atoms with Gasteiger partial charge >= 0.3 is 0 Å². The highest BCUT2D eigenvalue weighted by atomic mass is 32.1. The van der Waals surface area contributed by atoms with E-state index in [-0.39, 0.29) is 6.61 Å². The van der Waals surface area contributed by atoms with Gasteiger partial charge in [-0.1, -0.05) is 6.07 Å². The van der Waals surface area contributed by atoms with E-state index in [9.17, 15) is 0 Å². The van der Waals surface area contributed by atoms with Gasteiger partial charge in [0.15, 0.2) is 5.75 Å². The molecule has 4 heteroatoms. The summed E-state index contributed by atoms with van der Waals surface area (Å²) < 4.78 is 6.28. The van der Waals surface area contributed by atoms with E-state index in [1.165, 1.54) is 11.3 Å². The highest BCUT2D eigenvalue weighted by Crippen LogP contribution is 2.40. The number of methoxy groups -OCH3 is 1. The number of ether oxygens (including phenoxy) is 1. The van der Waals surface area contributed by atoms with E-state index >= 15 is 0 Å². The molecule has 1 heterocycles. The largest absolute Gasteiger partial charge is 0.493 e. The number of fused-ring (bicyclic) bond motifs is 1. The van der Waals surface area contributed by atoms with Gasteiger partial charge in [0.2, 0.25) is 0 Å². The van der Waals surface area contributed by atoms with E-state index in [2.05, 4.69) is 0 Å². The Balaban J connectivity index is 2.71. The molecule has 0 amide bonds. The van der Waals surface area contributed by atoms with Crippen LogP contribution in [0.3, 0.4) is 0 Å². The number of benzene rings is 1. The zero-order valence-electron chi connectivity index (χ0n) is 7.78. The fraction of sp³-hybridized carbons (Fsp3) is 0.200. The molecule has 0 fully saturated rings. The third kappa shape index (κ3) is 1.32. The molecule has 0 spiro atoms.